The second kappa shape index (κ2) is 43.1. The van der Waals surface area contributed by atoms with Gasteiger partial charge >= 0.3 is 11.9 Å². The van der Waals surface area contributed by atoms with Crippen LogP contribution in [0.15, 0.2) is 12.2 Å². The lowest BCUT2D eigenvalue weighted by molar-refractivity contribution is -0.149. The van der Waals surface area contributed by atoms with Crippen molar-refractivity contribution in [2.45, 2.75) is 261 Å². The third kappa shape index (κ3) is 25.9. The SMILES string of the molecule is CC[C@H](C)[C@H](NC(=O)[C@H](C)N)C(=O)N[C@@H](CS)C(=O)N[C@@H](CO)C(=O)N[C@@H](CCCNC(=N)N)C(=O)N[C@@H](CO)C(=O)N[C@@H](CC(C)C)C(=O)N1CC=C[C@H]1C(=O)N1[C@H](C(=O)N[C@H](C(=O)N[C@H](C(=O)N[C@H](C(=O)N2CCC[C@H]2C(=O)N[C@@H](CC(=O)O)C(=O)O)[C@@H](C)CC)C(C)(C)S)[C@@H](C)CC)C[C@@H]2CCCC[C@@H]21. The number of thiol groups is 2. The smallest absolute Gasteiger partial charge is 0.326 e. The maximum atomic E-state index is 15.4. The Labute approximate surface area is 641 Å². The highest BCUT2D eigenvalue weighted by atomic mass is 32.1. The van der Waals surface area contributed by atoms with Gasteiger partial charge < -0.3 is 105 Å². The molecule has 3 heterocycles. The maximum absolute atomic E-state index is 15.4. The first kappa shape index (κ1) is 92.0. The first-order chi connectivity index (χ1) is 50.7. The molecule has 1 aliphatic carbocycles. The van der Waals surface area contributed by atoms with Gasteiger partial charge in [-0.15, -0.1) is 0 Å². The molecule has 0 unspecified atom stereocenters. The molecule has 2 saturated heterocycles. The van der Waals surface area contributed by atoms with Gasteiger partial charge in [-0.25, -0.2) is 4.79 Å². The second-order valence-electron chi connectivity index (χ2n) is 29.6. The zero-order chi connectivity index (χ0) is 81.4. The number of nitrogens with zero attached hydrogens (tertiary/aromatic N) is 3. The second-order valence-corrected chi connectivity index (χ2v) is 31.1. The average Bonchev–Trinajstić information content (AvgIpc) is 1.60. The number of fused-ring (bicyclic) bond motifs is 1. The molecule has 608 valence electrons. The number of aliphatic carboxylic acids is 2. The van der Waals surface area contributed by atoms with Gasteiger partial charge in [-0.05, 0) is 102 Å². The Bertz CT molecular complexity index is 3250. The van der Waals surface area contributed by atoms with Crippen LogP contribution in [0.2, 0.25) is 0 Å². The van der Waals surface area contributed by atoms with E-state index in [9.17, 15) is 78.0 Å². The summed E-state index contributed by atoms with van der Waals surface area (Å²) in [5, 5.41) is 75.6. The number of carboxylic acid groups (broad SMARTS) is 2. The minimum atomic E-state index is -1.79. The number of aliphatic hydroxyl groups excluding tert-OH is 2. The lowest BCUT2D eigenvalue weighted by Gasteiger charge is -2.38. The van der Waals surface area contributed by atoms with E-state index in [1.807, 2.05) is 0 Å². The summed E-state index contributed by atoms with van der Waals surface area (Å²) in [6.07, 6.45) is 6.41. The Hall–Kier alpha value is -8.36. The monoisotopic (exact) mass is 1560 g/mol. The highest BCUT2D eigenvalue weighted by Crippen LogP contribution is 2.41. The van der Waals surface area contributed by atoms with Crippen molar-refractivity contribution in [1.29, 1.82) is 5.41 Å². The third-order valence-electron chi connectivity index (χ3n) is 20.4. The first-order valence-electron chi connectivity index (χ1n) is 37.2. The van der Waals surface area contributed by atoms with Crippen molar-refractivity contribution >= 4 is 120 Å². The van der Waals surface area contributed by atoms with Crippen molar-refractivity contribution in [1.82, 2.24) is 73.2 Å². The van der Waals surface area contributed by atoms with Crippen LogP contribution in [0.5, 0.6) is 0 Å². The summed E-state index contributed by atoms with van der Waals surface area (Å²) in [5.41, 5.74) is 11.2. The Morgan fingerprint density at radius 3 is 1.62 bits per heavy atom. The molecule has 0 aromatic rings. The van der Waals surface area contributed by atoms with Gasteiger partial charge in [-0.2, -0.15) is 25.3 Å². The van der Waals surface area contributed by atoms with Crippen molar-refractivity contribution in [3.63, 3.8) is 0 Å². The van der Waals surface area contributed by atoms with Crippen LogP contribution in [-0.2, 0) is 71.9 Å². The molecule has 0 bridgehead atoms. The van der Waals surface area contributed by atoms with E-state index in [0.29, 0.717) is 44.9 Å². The van der Waals surface area contributed by atoms with Crippen LogP contribution in [-0.4, -0.2) is 264 Å². The number of rotatable bonds is 42. The molecule has 20 N–H and O–H groups in total. The van der Waals surface area contributed by atoms with E-state index in [1.54, 1.807) is 75.3 Å². The summed E-state index contributed by atoms with van der Waals surface area (Å²) in [6.45, 7) is 16.3. The third-order valence-corrected chi connectivity index (χ3v) is 21.0. The van der Waals surface area contributed by atoms with Crippen molar-refractivity contribution in [3.05, 3.63) is 12.2 Å². The van der Waals surface area contributed by atoms with Crippen molar-refractivity contribution in [2.75, 3.05) is 38.6 Å². The maximum Gasteiger partial charge on any atom is 0.326 e. The summed E-state index contributed by atoms with van der Waals surface area (Å²) in [5.74, 6) is -16.7. The van der Waals surface area contributed by atoms with Crippen LogP contribution in [0.25, 0.3) is 0 Å². The van der Waals surface area contributed by atoms with E-state index in [2.05, 4.69) is 71.1 Å². The number of aliphatic hydroxyl groups is 2. The molecule has 19 atom stereocenters. The van der Waals surface area contributed by atoms with Gasteiger partial charge in [0.25, 0.3) is 0 Å². The molecular weight excluding hydrogens is 1450 g/mol. The lowest BCUT2D eigenvalue weighted by atomic mass is 9.84. The molecule has 13 amide bonds. The summed E-state index contributed by atoms with van der Waals surface area (Å²) < 4.78 is -1.34. The largest absolute Gasteiger partial charge is 0.481 e. The number of carbonyl (C=O) groups is 15. The fraction of sp³-hybridized carbons (Fsp3) is 0.743. The molecule has 38 heteroatoms. The molecule has 36 nitrogen and oxygen atoms in total. The molecule has 108 heavy (non-hydrogen) atoms. The Balaban J connectivity index is 1.56. The van der Waals surface area contributed by atoms with E-state index in [1.165, 1.54) is 27.7 Å². The van der Waals surface area contributed by atoms with E-state index < -0.39 is 227 Å². The Morgan fingerprint density at radius 1 is 0.583 bits per heavy atom. The van der Waals surface area contributed by atoms with Gasteiger partial charge in [0, 0.05) is 36.2 Å². The quantitative estimate of drug-likeness (QED) is 0.00937. The predicted octanol–water partition coefficient (Wildman–Crippen LogP) is -3.27. The van der Waals surface area contributed by atoms with Crippen molar-refractivity contribution in [2.24, 2.45) is 41.1 Å². The van der Waals surface area contributed by atoms with E-state index in [-0.39, 0.29) is 69.3 Å². The Kier molecular flexibility index (Phi) is 36.8. The van der Waals surface area contributed by atoms with Crippen molar-refractivity contribution < 1.29 is 92.3 Å². The topological polar surface area (TPSA) is 555 Å². The number of hydrogen-bond acceptors (Lipinski definition) is 21. The zero-order valence-electron chi connectivity index (χ0n) is 63.6. The van der Waals surface area contributed by atoms with E-state index in [4.69, 9.17) is 29.5 Å². The van der Waals surface area contributed by atoms with E-state index >= 15 is 14.4 Å². The van der Waals surface area contributed by atoms with Gasteiger partial charge in [-0.3, -0.25) is 72.5 Å². The molecule has 1 saturated carbocycles. The molecule has 4 aliphatic rings. The molecular formula is C70H117N17O19S2. The van der Waals surface area contributed by atoms with Crippen molar-refractivity contribution in [3.8, 4) is 0 Å². The number of hydrogen-bond donors (Lipinski definition) is 20. The van der Waals surface area contributed by atoms with Crippen LogP contribution in [0.4, 0.5) is 0 Å². The molecule has 3 aliphatic heterocycles. The average molecular weight is 1560 g/mol. The molecule has 4 rings (SSSR count). The van der Waals surface area contributed by atoms with Crippen LogP contribution in [0.1, 0.15) is 166 Å². The van der Waals surface area contributed by atoms with Gasteiger partial charge in [-0.1, -0.05) is 99.6 Å². The lowest BCUT2D eigenvalue weighted by Crippen LogP contribution is -2.64. The fourth-order valence-electron chi connectivity index (χ4n) is 13.5. The summed E-state index contributed by atoms with van der Waals surface area (Å²) >= 11 is 8.90. The molecule has 0 spiro atoms. The van der Waals surface area contributed by atoms with Gasteiger partial charge in [0.1, 0.15) is 78.5 Å². The van der Waals surface area contributed by atoms with Gasteiger partial charge in [0.15, 0.2) is 5.96 Å². The first-order valence-corrected chi connectivity index (χ1v) is 38.3. The molecule has 0 aromatic heterocycles. The predicted molar refractivity (Wildman–Crippen MR) is 401 cm³/mol. The fourth-order valence-corrected chi connectivity index (χ4v) is 14.0. The zero-order valence-corrected chi connectivity index (χ0v) is 65.4. The number of nitrogens with one attached hydrogen (secondary N) is 12. The van der Waals surface area contributed by atoms with Crippen LogP contribution < -0.4 is 70.0 Å². The summed E-state index contributed by atoms with van der Waals surface area (Å²) in [7, 11) is 0. The minimum absolute atomic E-state index is 0.00835. The van der Waals surface area contributed by atoms with Crippen LogP contribution >= 0.6 is 25.3 Å². The number of amides is 13. The number of nitrogens with two attached hydrogens (primary N) is 2. The van der Waals surface area contributed by atoms with Crippen LogP contribution in [0.3, 0.4) is 0 Å². The minimum Gasteiger partial charge on any atom is -0.481 e. The highest BCUT2D eigenvalue weighted by molar-refractivity contribution is 7.81. The highest BCUT2D eigenvalue weighted by Gasteiger charge is 2.52. The number of carboxylic acids is 2. The van der Waals surface area contributed by atoms with E-state index in [0.717, 1.165) is 6.42 Å². The molecule has 0 radical (unpaired) electrons. The van der Waals surface area contributed by atoms with Crippen LogP contribution in [0, 0.1) is 35.0 Å². The Morgan fingerprint density at radius 2 is 1.09 bits per heavy atom. The number of carbonyl (C=O) groups excluding carboxylic acids is 13. The summed E-state index contributed by atoms with van der Waals surface area (Å²) in [6, 6.07) is -20.0. The molecule has 3 fully saturated rings. The van der Waals surface area contributed by atoms with Gasteiger partial charge in [0.2, 0.25) is 76.8 Å². The molecule has 0 aromatic carbocycles. The number of guanidine groups is 1. The summed E-state index contributed by atoms with van der Waals surface area (Å²) in [4.78, 5) is 212. The standard InChI is InChI=1S/C70H117N17O19S2/c1-12-35(6)51(81-55(92)38(9)71)62(99)80-45(33-107)59(96)79-43(31-88)57(94)75-40(21-17-25-74-69(72)73)56(93)78-44(32-89)58(95)76-41(28-34(4)5)65(102)86-27-19-24-48(86)66(103)87-46-22-16-15-20-39(46)29-49(87)61(98)82-52(36(7)13-2)63(100)84-54(70(10,11)108)64(101)83-53(37(8)14-3)67(104)85-26-18-23-47(85)60(97)77-42(68(105)106)30-50(90)91/h19,24,34-49,51-54,88-89,107-108H,12-18,20-23,25-33,71H2,1-11H3,(H,75,94)(H,76,95)(H,77,97)(H,78,93)(H,79,96)(H,80,99)(H,81,92)(H,82,98)(H,83,101)(H,84,100)(H,90,91)(H,105,106)(H4,72,73,74)/t35-,36-,37-,38-,39-,40-,41-,42-,43-,44-,45-,46-,47-,48-,49-,51-,52-,53-,54+/m0/s1. The van der Waals surface area contributed by atoms with Gasteiger partial charge in [0.05, 0.1) is 25.7 Å². The normalized spacial score (nSPS) is 21.5. The number of likely N-dealkylation sites (tertiary alicyclic amines) is 2.